The Morgan fingerprint density at radius 1 is 1.37 bits per heavy atom. The Kier molecular flexibility index (Phi) is 3.76. The average Bonchev–Trinajstić information content (AvgIpc) is 2.87. The summed E-state index contributed by atoms with van der Waals surface area (Å²) in [5.41, 5.74) is 1.78. The lowest BCUT2D eigenvalue weighted by atomic mass is 9.95. The molecule has 2 rings (SSSR count). The molecule has 0 aliphatic carbocycles. The number of nitrogens with one attached hydrogen (secondary N) is 1. The second-order valence-electron chi connectivity index (χ2n) is 4.41. The van der Waals surface area contributed by atoms with E-state index >= 15 is 0 Å². The standard InChI is InChI=1S/C14H17NO4/c1-8(13(16)14(17)19-3)11-7-15-12-5-4-9(18-2)6-10(11)12/h4-8,13,15-16H,1-3H3/t8-,13+/m1/s1. The predicted molar refractivity (Wildman–Crippen MR) is 71.3 cm³/mol. The van der Waals surface area contributed by atoms with Crippen molar-refractivity contribution in [2.75, 3.05) is 14.2 Å². The van der Waals surface area contributed by atoms with Crippen LogP contribution in [0.15, 0.2) is 24.4 Å². The van der Waals surface area contributed by atoms with Crippen molar-refractivity contribution in [3.8, 4) is 5.75 Å². The first-order chi connectivity index (χ1) is 9.08. The highest BCUT2D eigenvalue weighted by atomic mass is 16.5. The van der Waals surface area contributed by atoms with Crippen molar-refractivity contribution in [1.82, 2.24) is 4.98 Å². The maximum atomic E-state index is 11.4. The molecular formula is C14H17NO4. The van der Waals surface area contributed by atoms with Crippen molar-refractivity contribution in [2.24, 2.45) is 0 Å². The first kappa shape index (κ1) is 13.4. The molecule has 19 heavy (non-hydrogen) atoms. The molecule has 5 nitrogen and oxygen atoms in total. The van der Waals surface area contributed by atoms with Gasteiger partial charge in [-0.2, -0.15) is 0 Å². The van der Waals surface area contributed by atoms with Crippen molar-refractivity contribution >= 4 is 16.9 Å². The predicted octanol–water partition coefficient (Wildman–Crippen LogP) is 1.81. The number of carbonyl (C=O) groups excluding carboxylic acids is 1. The highest BCUT2D eigenvalue weighted by Gasteiger charge is 2.26. The maximum Gasteiger partial charge on any atom is 0.335 e. The third kappa shape index (κ3) is 2.42. The summed E-state index contributed by atoms with van der Waals surface area (Å²) in [5, 5.41) is 10.9. The van der Waals surface area contributed by atoms with Crippen molar-refractivity contribution in [3.05, 3.63) is 30.0 Å². The number of hydrogen-bond acceptors (Lipinski definition) is 4. The van der Waals surface area contributed by atoms with Crippen molar-refractivity contribution in [2.45, 2.75) is 18.9 Å². The van der Waals surface area contributed by atoms with Gasteiger partial charge in [0.05, 0.1) is 14.2 Å². The molecule has 0 aliphatic rings. The fourth-order valence-electron chi connectivity index (χ4n) is 2.12. The average molecular weight is 263 g/mol. The van der Waals surface area contributed by atoms with Gasteiger partial charge in [-0.25, -0.2) is 4.79 Å². The number of hydrogen-bond donors (Lipinski definition) is 2. The number of methoxy groups -OCH3 is 2. The summed E-state index contributed by atoms with van der Waals surface area (Å²) in [6.45, 7) is 1.78. The minimum absolute atomic E-state index is 0.367. The molecule has 0 fully saturated rings. The third-order valence-electron chi connectivity index (χ3n) is 3.33. The van der Waals surface area contributed by atoms with E-state index in [0.717, 1.165) is 22.2 Å². The first-order valence-corrected chi connectivity index (χ1v) is 5.99. The fraction of sp³-hybridized carbons (Fsp3) is 0.357. The van der Waals surface area contributed by atoms with Gasteiger partial charge in [-0.1, -0.05) is 6.92 Å². The summed E-state index contributed by atoms with van der Waals surface area (Å²) in [5.74, 6) is -0.272. The van der Waals surface area contributed by atoms with E-state index in [2.05, 4.69) is 9.72 Å². The van der Waals surface area contributed by atoms with Gasteiger partial charge in [0.25, 0.3) is 0 Å². The first-order valence-electron chi connectivity index (χ1n) is 5.99. The molecule has 0 radical (unpaired) electrons. The van der Waals surface area contributed by atoms with Crippen LogP contribution >= 0.6 is 0 Å². The molecule has 5 heteroatoms. The maximum absolute atomic E-state index is 11.4. The summed E-state index contributed by atoms with van der Waals surface area (Å²) in [7, 11) is 2.86. The largest absolute Gasteiger partial charge is 0.497 e. The summed E-state index contributed by atoms with van der Waals surface area (Å²) >= 11 is 0. The number of aliphatic hydroxyl groups is 1. The summed E-state index contributed by atoms with van der Waals surface area (Å²) < 4.78 is 9.75. The zero-order valence-corrected chi connectivity index (χ0v) is 11.1. The van der Waals surface area contributed by atoms with Crippen LogP contribution in [0.2, 0.25) is 0 Å². The molecule has 1 heterocycles. The van der Waals surface area contributed by atoms with E-state index in [0.29, 0.717) is 0 Å². The summed E-state index contributed by atoms with van der Waals surface area (Å²) in [4.78, 5) is 14.5. The van der Waals surface area contributed by atoms with Crippen LogP contribution < -0.4 is 4.74 Å². The Hall–Kier alpha value is -2.01. The Bertz CT molecular complexity index is 590. The van der Waals surface area contributed by atoms with Gasteiger partial charge < -0.3 is 19.6 Å². The molecule has 2 N–H and O–H groups in total. The fourth-order valence-corrected chi connectivity index (χ4v) is 2.12. The van der Waals surface area contributed by atoms with Gasteiger partial charge in [0, 0.05) is 23.0 Å². The Balaban J connectivity index is 2.41. The summed E-state index contributed by atoms with van der Waals surface area (Å²) in [6, 6.07) is 5.63. The van der Waals surface area contributed by atoms with E-state index in [1.54, 1.807) is 20.2 Å². The van der Waals surface area contributed by atoms with Crippen molar-refractivity contribution in [3.63, 3.8) is 0 Å². The molecule has 0 bridgehead atoms. The van der Waals surface area contributed by atoms with E-state index in [1.807, 2.05) is 18.2 Å². The van der Waals surface area contributed by atoms with Crippen LogP contribution in [0.1, 0.15) is 18.4 Å². The molecule has 1 aromatic carbocycles. The SMILES string of the molecule is COC(=O)[C@@H](O)[C@H](C)c1c[nH]c2ccc(OC)cc12. The molecule has 2 atom stereocenters. The number of aromatic amines is 1. The van der Waals surface area contributed by atoms with Crippen LogP contribution in [0.5, 0.6) is 5.75 Å². The number of rotatable bonds is 4. The van der Waals surface area contributed by atoms with Crippen LogP contribution in [0.3, 0.4) is 0 Å². The van der Waals surface area contributed by atoms with Gasteiger partial charge in [-0.3, -0.25) is 0 Å². The molecule has 0 amide bonds. The monoisotopic (exact) mass is 263 g/mol. The van der Waals surface area contributed by atoms with E-state index in [4.69, 9.17) is 4.74 Å². The Labute approximate surface area is 111 Å². The number of aliphatic hydroxyl groups excluding tert-OH is 1. The smallest absolute Gasteiger partial charge is 0.335 e. The lowest BCUT2D eigenvalue weighted by Crippen LogP contribution is -2.27. The molecule has 0 spiro atoms. The summed E-state index contributed by atoms with van der Waals surface area (Å²) in [6.07, 6.45) is 0.608. The minimum Gasteiger partial charge on any atom is -0.497 e. The molecule has 2 aromatic rings. The second kappa shape index (κ2) is 5.32. The molecular weight excluding hydrogens is 246 g/mol. The van der Waals surface area contributed by atoms with Gasteiger partial charge in [0.15, 0.2) is 6.10 Å². The molecule has 0 saturated carbocycles. The Morgan fingerprint density at radius 2 is 2.11 bits per heavy atom. The van der Waals surface area contributed by atoms with Crippen LogP contribution in [-0.4, -0.2) is 36.4 Å². The third-order valence-corrected chi connectivity index (χ3v) is 3.33. The van der Waals surface area contributed by atoms with E-state index < -0.39 is 12.1 Å². The Morgan fingerprint density at radius 3 is 2.74 bits per heavy atom. The zero-order valence-electron chi connectivity index (χ0n) is 11.1. The van der Waals surface area contributed by atoms with Gasteiger partial charge >= 0.3 is 5.97 Å². The lowest BCUT2D eigenvalue weighted by molar-refractivity contribution is -0.151. The quantitative estimate of drug-likeness (QED) is 0.825. The second-order valence-corrected chi connectivity index (χ2v) is 4.41. The number of H-pyrrole nitrogens is 1. The van der Waals surface area contributed by atoms with Gasteiger partial charge in [0.2, 0.25) is 0 Å². The van der Waals surface area contributed by atoms with E-state index in [-0.39, 0.29) is 5.92 Å². The lowest BCUT2D eigenvalue weighted by Gasteiger charge is -2.16. The number of esters is 1. The topological polar surface area (TPSA) is 71.5 Å². The van der Waals surface area contributed by atoms with Crippen LogP contribution in [0.25, 0.3) is 10.9 Å². The molecule has 0 unspecified atom stereocenters. The van der Waals surface area contributed by atoms with E-state index in [9.17, 15) is 9.90 Å². The van der Waals surface area contributed by atoms with Gasteiger partial charge in [-0.05, 0) is 23.8 Å². The highest BCUT2D eigenvalue weighted by Crippen LogP contribution is 2.30. The van der Waals surface area contributed by atoms with Crippen LogP contribution in [0, 0.1) is 0 Å². The van der Waals surface area contributed by atoms with E-state index in [1.165, 1.54) is 7.11 Å². The highest BCUT2D eigenvalue weighted by molar-refractivity contribution is 5.86. The zero-order chi connectivity index (χ0) is 14.0. The molecule has 1 aromatic heterocycles. The van der Waals surface area contributed by atoms with Gasteiger partial charge in [-0.15, -0.1) is 0 Å². The van der Waals surface area contributed by atoms with Gasteiger partial charge in [0.1, 0.15) is 5.75 Å². The number of carbonyl (C=O) groups is 1. The van der Waals surface area contributed by atoms with Crippen molar-refractivity contribution in [1.29, 1.82) is 0 Å². The van der Waals surface area contributed by atoms with Crippen LogP contribution in [0.4, 0.5) is 0 Å². The number of benzene rings is 1. The van der Waals surface area contributed by atoms with Crippen molar-refractivity contribution < 1.29 is 19.4 Å². The van der Waals surface area contributed by atoms with Crippen LogP contribution in [-0.2, 0) is 9.53 Å². The number of aromatic nitrogens is 1. The number of ether oxygens (including phenoxy) is 2. The molecule has 0 saturated heterocycles. The minimum atomic E-state index is -1.18. The number of fused-ring (bicyclic) bond motifs is 1. The molecule has 0 aliphatic heterocycles. The molecule has 102 valence electrons. The normalized spacial score (nSPS) is 14.1.